The minimum Gasteiger partial charge on any atom is -0.493 e. The van der Waals surface area contributed by atoms with Gasteiger partial charge in [-0.05, 0) is 12.8 Å². The predicted molar refractivity (Wildman–Crippen MR) is 104 cm³/mol. The molecule has 0 aromatic heterocycles. The van der Waals surface area contributed by atoms with Crippen LogP contribution in [0.3, 0.4) is 0 Å². The normalized spacial score (nSPS) is 14.3. The zero-order valence-corrected chi connectivity index (χ0v) is 16.7. The zero-order chi connectivity index (χ0) is 19.8. The van der Waals surface area contributed by atoms with Crippen molar-refractivity contribution in [3.8, 4) is 17.2 Å². The lowest BCUT2D eigenvalue weighted by molar-refractivity contribution is -0.131. The summed E-state index contributed by atoms with van der Waals surface area (Å²) in [6.45, 7) is 3.41. The van der Waals surface area contributed by atoms with E-state index in [0.717, 1.165) is 25.9 Å². The fourth-order valence-corrected chi connectivity index (χ4v) is 3.38. The smallest absolute Gasteiger partial charge is 0.224 e. The SMILES string of the molecule is COc1cc(N(CCC(=O)N2CCCCCC2)C(C)=O)cc(OC)c1OC. The molecule has 7 heteroatoms. The molecule has 7 nitrogen and oxygen atoms in total. The standard InChI is InChI=1S/C20H30N2O5/c1-15(23)22(12-9-19(24)21-10-7-5-6-8-11-21)16-13-17(25-2)20(27-4)18(14-16)26-3/h13-14H,5-12H2,1-4H3. The summed E-state index contributed by atoms with van der Waals surface area (Å²) < 4.78 is 16.1. The highest BCUT2D eigenvalue weighted by Crippen LogP contribution is 2.41. The Morgan fingerprint density at radius 3 is 1.96 bits per heavy atom. The van der Waals surface area contributed by atoms with Crippen molar-refractivity contribution in [1.82, 2.24) is 4.90 Å². The van der Waals surface area contributed by atoms with Crippen LogP contribution in [-0.4, -0.2) is 57.7 Å². The molecule has 0 unspecified atom stereocenters. The van der Waals surface area contributed by atoms with Crippen LogP contribution in [0.4, 0.5) is 5.69 Å². The van der Waals surface area contributed by atoms with Gasteiger partial charge in [0.25, 0.3) is 0 Å². The van der Waals surface area contributed by atoms with Crippen LogP contribution >= 0.6 is 0 Å². The van der Waals surface area contributed by atoms with Crippen molar-refractivity contribution in [3.05, 3.63) is 12.1 Å². The minimum atomic E-state index is -0.145. The number of ether oxygens (including phenoxy) is 3. The van der Waals surface area contributed by atoms with Crippen molar-refractivity contribution in [2.75, 3.05) is 45.9 Å². The van der Waals surface area contributed by atoms with Gasteiger partial charge >= 0.3 is 0 Å². The van der Waals surface area contributed by atoms with Gasteiger partial charge in [-0.15, -0.1) is 0 Å². The first-order valence-electron chi connectivity index (χ1n) is 9.37. The van der Waals surface area contributed by atoms with E-state index in [-0.39, 0.29) is 18.2 Å². The van der Waals surface area contributed by atoms with Gasteiger partial charge in [0.15, 0.2) is 11.5 Å². The number of likely N-dealkylation sites (tertiary alicyclic amines) is 1. The molecular weight excluding hydrogens is 348 g/mol. The maximum Gasteiger partial charge on any atom is 0.224 e. The Morgan fingerprint density at radius 1 is 0.963 bits per heavy atom. The molecule has 1 aliphatic heterocycles. The molecule has 0 spiro atoms. The van der Waals surface area contributed by atoms with Gasteiger partial charge in [-0.25, -0.2) is 0 Å². The number of carbonyl (C=O) groups excluding carboxylic acids is 2. The lowest BCUT2D eigenvalue weighted by Gasteiger charge is -2.25. The van der Waals surface area contributed by atoms with Crippen molar-refractivity contribution < 1.29 is 23.8 Å². The molecule has 1 fully saturated rings. The first-order chi connectivity index (χ1) is 13.0. The third-order valence-electron chi connectivity index (χ3n) is 4.85. The Labute approximate surface area is 161 Å². The Bertz CT molecular complexity index is 629. The summed E-state index contributed by atoms with van der Waals surface area (Å²) in [5.74, 6) is 1.35. The maximum absolute atomic E-state index is 12.6. The van der Waals surface area contributed by atoms with E-state index in [1.165, 1.54) is 41.1 Å². The fraction of sp³-hybridized carbons (Fsp3) is 0.600. The van der Waals surface area contributed by atoms with Gasteiger partial charge in [0.05, 0.1) is 27.0 Å². The average molecular weight is 378 g/mol. The number of nitrogens with zero attached hydrogens (tertiary/aromatic N) is 2. The molecule has 2 rings (SSSR count). The lowest BCUT2D eigenvalue weighted by atomic mass is 10.2. The second-order valence-electron chi connectivity index (χ2n) is 6.60. The lowest BCUT2D eigenvalue weighted by Crippen LogP contribution is -2.36. The quantitative estimate of drug-likeness (QED) is 0.730. The van der Waals surface area contributed by atoms with Crippen molar-refractivity contribution >= 4 is 17.5 Å². The van der Waals surface area contributed by atoms with Crippen LogP contribution in [0.2, 0.25) is 0 Å². The van der Waals surface area contributed by atoms with Gasteiger partial charge in [0, 0.05) is 45.1 Å². The minimum absolute atomic E-state index is 0.0931. The van der Waals surface area contributed by atoms with Gasteiger partial charge in [-0.1, -0.05) is 12.8 Å². The third kappa shape index (κ3) is 5.28. The molecule has 1 saturated heterocycles. The van der Waals surface area contributed by atoms with Crippen LogP contribution in [0.5, 0.6) is 17.2 Å². The van der Waals surface area contributed by atoms with Gasteiger partial charge in [-0.3, -0.25) is 9.59 Å². The largest absolute Gasteiger partial charge is 0.493 e. The Kier molecular flexibility index (Phi) is 7.76. The molecule has 0 N–H and O–H groups in total. The number of benzene rings is 1. The first kappa shape index (κ1) is 20.9. The molecule has 150 valence electrons. The van der Waals surface area contributed by atoms with Crippen LogP contribution in [-0.2, 0) is 9.59 Å². The van der Waals surface area contributed by atoms with Gasteiger partial charge in [-0.2, -0.15) is 0 Å². The van der Waals surface area contributed by atoms with Crippen molar-refractivity contribution in [2.24, 2.45) is 0 Å². The Hall–Kier alpha value is -2.44. The van der Waals surface area contributed by atoms with E-state index in [0.29, 0.717) is 29.5 Å². The van der Waals surface area contributed by atoms with Crippen LogP contribution in [0.25, 0.3) is 0 Å². The summed E-state index contributed by atoms with van der Waals surface area (Å²) in [6, 6.07) is 3.44. The van der Waals surface area contributed by atoms with Gasteiger partial charge in [0.2, 0.25) is 17.6 Å². The van der Waals surface area contributed by atoms with E-state index in [9.17, 15) is 9.59 Å². The Balaban J connectivity index is 2.17. The number of carbonyl (C=O) groups is 2. The first-order valence-corrected chi connectivity index (χ1v) is 9.37. The summed E-state index contributed by atoms with van der Waals surface area (Å²) in [5, 5.41) is 0. The molecule has 27 heavy (non-hydrogen) atoms. The fourth-order valence-electron chi connectivity index (χ4n) is 3.38. The molecule has 0 radical (unpaired) electrons. The molecule has 0 atom stereocenters. The zero-order valence-electron chi connectivity index (χ0n) is 16.7. The molecule has 1 aromatic rings. The van der Waals surface area contributed by atoms with Gasteiger partial charge < -0.3 is 24.0 Å². The topological polar surface area (TPSA) is 68.3 Å². The van der Waals surface area contributed by atoms with E-state index in [4.69, 9.17) is 14.2 Å². The predicted octanol–water partition coefficient (Wildman–Crippen LogP) is 2.86. The number of hydrogen-bond donors (Lipinski definition) is 0. The van der Waals surface area contributed by atoms with E-state index in [2.05, 4.69) is 0 Å². The Morgan fingerprint density at radius 2 is 1.52 bits per heavy atom. The molecule has 0 bridgehead atoms. The maximum atomic E-state index is 12.6. The van der Waals surface area contributed by atoms with E-state index >= 15 is 0 Å². The molecular formula is C20H30N2O5. The highest BCUT2D eigenvalue weighted by atomic mass is 16.5. The number of amides is 2. The summed E-state index contributed by atoms with van der Waals surface area (Å²) in [4.78, 5) is 28.3. The van der Waals surface area contributed by atoms with Crippen molar-refractivity contribution in [1.29, 1.82) is 0 Å². The van der Waals surface area contributed by atoms with Crippen molar-refractivity contribution in [2.45, 2.75) is 39.0 Å². The number of anilines is 1. The molecule has 1 heterocycles. The third-order valence-corrected chi connectivity index (χ3v) is 4.85. The summed E-state index contributed by atoms with van der Waals surface area (Å²) in [6.07, 6.45) is 4.74. The summed E-state index contributed by atoms with van der Waals surface area (Å²) in [7, 11) is 4.59. The molecule has 2 amide bonds. The van der Waals surface area contributed by atoms with Crippen molar-refractivity contribution in [3.63, 3.8) is 0 Å². The highest BCUT2D eigenvalue weighted by molar-refractivity contribution is 5.93. The van der Waals surface area contributed by atoms with Crippen LogP contribution in [0.1, 0.15) is 39.0 Å². The number of hydrogen-bond acceptors (Lipinski definition) is 5. The van der Waals surface area contributed by atoms with Gasteiger partial charge in [0.1, 0.15) is 0 Å². The van der Waals surface area contributed by atoms with Crippen LogP contribution in [0.15, 0.2) is 12.1 Å². The molecule has 1 aliphatic rings. The number of methoxy groups -OCH3 is 3. The van der Waals surface area contributed by atoms with E-state index < -0.39 is 0 Å². The summed E-state index contributed by atoms with van der Waals surface area (Å²) in [5.41, 5.74) is 0.612. The summed E-state index contributed by atoms with van der Waals surface area (Å²) >= 11 is 0. The molecule has 0 aliphatic carbocycles. The second kappa shape index (κ2) is 10.0. The monoisotopic (exact) mass is 378 g/mol. The average Bonchev–Trinajstić information content (AvgIpc) is 2.96. The van der Waals surface area contributed by atoms with Crippen LogP contribution in [0, 0.1) is 0 Å². The molecule has 0 saturated carbocycles. The second-order valence-corrected chi connectivity index (χ2v) is 6.60. The van der Waals surface area contributed by atoms with E-state index in [1.807, 2.05) is 4.90 Å². The van der Waals surface area contributed by atoms with Crippen LogP contribution < -0.4 is 19.1 Å². The number of rotatable bonds is 7. The highest BCUT2D eigenvalue weighted by Gasteiger charge is 2.21. The molecule has 1 aromatic carbocycles. The van der Waals surface area contributed by atoms with E-state index in [1.54, 1.807) is 17.0 Å².